The monoisotopic (exact) mass is 112 g/mol. The number of rotatable bonds is 2. The van der Waals surface area contributed by atoms with Crippen molar-refractivity contribution in [2.75, 3.05) is 0 Å². The normalized spacial score (nSPS) is 12.4. The molecule has 0 spiro atoms. The van der Waals surface area contributed by atoms with Gasteiger partial charge < -0.3 is 5.73 Å². The van der Waals surface area contributed by atoms with E-state index in [-0.39, 0.29) is 0 Å². The minimum absolute atomic E-state index is 0.554. The lowest BCUT2D eigenvalue weighted by atomic mass is 10.2. The molecule has 0 saturated heterocycles. The second kappa shape index (κ2) is 4.37. The van der Waals surface area contributed by atoms with E-state index in [1.165, 1.54) is 6.34 Å². The minimum atomic E-state index is 0.554. The molecule has 0 rings (SSSR count). The van der Waals surface area contributed by atoms with Gasteiger partial charge in [0, 0.05) is 6.20 Å². The standard InChI is InChI=1S/C6H12N2/c1-6(2)3-4-8-5-7/h3-6H,1-2H3,(H2,7,8)/b4-3+. The van der Waals surface area contributed by atoms with Gasteiger partial charge in [-0.15, -0.1) is 0 Å². The third kappa shape index (κ3) is 5.21. The average Bonchev–Trinajstić information content (AvgIpc) is 1.66. The lowest BCUT2D eigenvalue weighted by Gasteiger charge is -1.87. The smallest absolute Gasteiger partial charge is 0.0852 e. The van der Waals surface area contributed by atoms with E-state index in [4.69, 9.17) is 5.73 Å². The second-order valence-corrected chi connectivity index (χ2v) is 1.88. The number of aliphatic imine (C=N–C) groups is 1. The summed E-state index contributed by atoms with van der Waals surface area (Å²) < 4.78 is 0. The Kier molecular flexibility index (Phi) is 3.94. The van der Waals surface area contributed by atoms with Gasteiger partial charge in [0.05, 0.1) is 6.34 Å². The molecule has 0 heterocycles. The maximum absolute atomic E-state index is 4.97. The molecule has 0 aromatic rings. The van der Waals surface area contributed by atoms with Gasteiger partial charge in [0.25, 0.3) is 0 Å². The molecule has 0 aromatic carbocycles. The summed E-state index contributed by atoms with van der Waals surface area (Å²) >= 11 is 0. The van der Waals surface area contributed by atoms with Crippen LogP contribution in [0.2, 0.25) is 0 Å². The van der Waals surface area contributed by atoms with Crippen molar-refractivity contribution < 1.29 is 0 Å². The SMILES string of the molecule is CC(C)/C=C/N=CN. The largest absolute Gasteiger partial charge is 0.390 e. The van der Waals surface area contributed by atoms with E-state index in [1.807, 2.05) is 6.08 Å². The Labute approximate surface area is 50.1 Å². The first-order valence-corrected chi connectivity index (χ1v) is 2.67. The van der Waals surface area contributed by atoms with Crippen molar-refractivity contribution >= 4 is 6.34 Å². The van der Waals surface area contributed by atoms with Gasteiger partial charge >= 0.3 is 0 Å². The molecule has 0 amide bonds. The van der Waals surface area contributed by atoms with Gasteiger partial charge in [-0.05, 0) is 5.92 Å². The van der Waals surface area contributed by atoms with Gasteiger partial charge in [0.15, 0.2) is 0 Å². The van der Waals surface area contributed by atoms with Crippen molar-refractivity contribution in [2.24, 2.45) is 16.6 Å². The topological polar surface area (TPSA) is 38.4 Å². The van der Waals surface area contributed by atoms with Gasteiger partial charge in [-0.2, -0.15) is 0 Å². The highest BCUT2D eigenvalue weighted by Gasteiger charge is 1.78. The van der Waals surface area contributed by atoms with Gasteiger partial charge in [-0.1, -0.05) is 19.9 Å². The summed E-state index contributed by atoms with van der Waals surface area (Å²) in [5, 5.41) is 0. The van der Waals surface area contributed by atoms with Crippen molar-refractivity contribution in [3.63, 3.8) is 0 Å². The van der Waals surface area contributed by atoms with Crippen LogP contribution in [0.3, 0.4) is 0 Å². The molecular weight excluding hydrogens is 100 g/mol. The van der Waals surface area contributed by atoms with Crippen molar-refractivity contribution in [2.45, 2.75) is 13.8 Å². The van der Waals surface area contributed by atoms with Crippen LogP contribution in [0.5, 0.6) is 0 Å². The first kappa shape index (κ1) is 7.21. The van der Waals surface area contributed by atoms with E-state index < -0.39 is 0 Å². The fourth-order valence-corrected chi connectivity index (χ4v) is 0.272. The van der Waals surface area contributed by atoms with Crippen molar-refractivity contribution in [1.29, 1.82) is 0 Å². The van der Waals surface area contributed by atoms with Crippen LogP contribution in [0, 0.1) is 5.92 Å². The van der Waals surface area contributed by atoms with Crippen molar-refractivity contribution in [1.82, 2.24) is 0 Å². The molecule has 0 atom stereocenters. The Morgan fingerprint density at radius 1 is 1.50 bits per heavy atom. The molecule has 2 N–H and O–H groups in total. The fourth-order valence-electron chi connectivity index (χ4n) is 0.272. The Hall–Kier alpha value is -0.790. The Bertz CT molecular complexity index is 92.7. The van der Waals surface area contributed by atoms with Gasteiger partial charge in [-0.3, -0.25) is 0 Å². The third-order valence-corrected chi connectivity index (χ3v) is 0.643. The molecule has 2 heteroatoms. The Balaban J connectivity index is 3.34. The zero-order valence-corrected chi connectivity index (χ0v) is 5.33. The molecule has 2 nitrogen and oxygen atoms in total. The number of hydrogen-bond donors (Lipinski definition) is 1. The van der Waals surface area contributed by atoms with Crippen LogP contribution in [-0.2, 0) is 0 Å². The summed E-state index contributed by atoms with van der Waals surface area (Å²) in [6.07, 6.45) is 4.95. The Morgan fingerprint density at radius 2 is 2.12 bits per heavy atom. The van der Waals surface area contributed by atoms with Crippen LogP contribution in [-0.4, -0.2) is 6.34 Å². The molecule has 0 aliphatic carbocycles. The summed E-state index contributed by atoms with van der Waals surface area (Å²) in [5.41, 5.74) is 4.97. The van der Waals surface area contributed by atoms with E-state index in [1.54, 1.807) is 6.20 Å². The maximum atomic E-state index is 4.97. The van der Waals surface area contributed by atoms with Crippen LogP contribution < -0.4 is 5.73 Å². The van der Waals surface area contributed by atoms with E-state index >= 15 is 0 Å². The highest BCUT2D eigenvalue weighted by molar-refractivity contribution is 5.52. The average molecular weight is 112 g/mol. The van der Waals surface area contributed by atoms with E-state index in [9.17, 15) is 0 Å². The van der Waals surface area contributed by atoms with E-state index in [0.29, 0.717) is 5.92 Å². The molecule has 8 heavy (non-hydrogen) atoms. The Morgan fingerprint density at radius 3 is 2.50 bits per heavy atom. The summed E-state index contributed by atoms with van der Waals surface area (Å²) in [5.74, 6) is 0.554. The highest BCUT2D eigenvalue weighted by atomic mass is 14.8. The fraction of sp³-hybridized carbons (Fsp3) is 0.500. The van der Waals surface area contributed by atoms with Crippen LogP contribution in [0.1, 0.15) is 13.8 Å². The number of nitrogens with zero attached hydrogens (tertiary/aromatic N) is 1. The first-order chi connectivity index (χ1) is 3.77. The van der Waals surface area contributed by atoms with Crippen LogP contribution in [0.15, 0.2) is 17.3 Å². The lowest BCUT2D eigenvalue weighted by Crippen LogP contribution is -1.85. The van der Waals surface area contributed by atoms with Crippen LogP contribution in [0.4, 0.5) is 0 Å². The predicted octanol–water partition coefficient (Wildman–Crippen LogP) is 1.14. The highest BCUT2D eigenvalue weighted by Crippen LogP contribution is 1.91. The molecule has 0 aromatic heterocycles. The van der Waals surface area contributed by atoms with Crippen molar-refractivity contribution in [3.8, 4) is 0 Å². The predicted molar refractivity (Wildman–Crippen MR) is 36.7 cm³/mol. The number of nitrogens with two attached hydrogens (primary N) is 1. The summed E-state index contributed by atoms with van der Waals surface area (Å²) in [6.45, 7) is 4.17. The van der Waals surface area contributed by atoms with Gasteiger partial charge in [0.2, 0.25) is 0 Å². The summed E-state index contributed by atoms with van der Waals surface area (Å²) in [6, 6.07) is 0. The molecule has 0 fully saturated rings. The first-order valence-electron chi connectivity index (χ1n) is 2.67. The van der Waals surface area contributed by atoms with E-state index in [0.717, 1.165) is 0 Å². The molecule has 0 saturated carbocycles. The van der Waals surface area contributed by atoms with Crippen LogP contribution in [0.25, 0.3) is 0 Å². The molecule has 0 bridgehead atoms. The lowest BCUT2D eigenvalue weighted by molar-refractivity contribution is 0.829. The maximum Gasteiger partial charge on any atom is 0.0852 e. The summed E-state index contributed by atoms with van der Waals surface area (Å²) in [4.78, 5) is 3.68. The molecule has 0 radical (unpaired) electrons. The quantitative estimate of drug-likeness (QED) is 0.422. The zero-order chi connectivity index (χ0) is 6.41. The van der Waals surface area contributed by atoms with Crippen molar-refractivity contribution in [3.05, 3.63) is 12.3 Å². The zero-order valence-electron chi connectivity index (χ0n) is 5.33. The molecular formula is C6H12N2. The molecule has 0 unspecified atom stereocenters. The van der Waals surface area contributed by atoms with Crippen LogP contribution >= 0.6 is 0 Å². The summed E-state index contributed by atoms with van der Waals surface area (Å²) in [7, 11) is 0. The van der Waals surface area contributed by atoms with E-state index in [2.05, 4.69) is 18.8 Å². The molecule has 0 aliphatic heterocycles. The molecule has 46 valence electrons. The number of allylic oxidation sites excluding steroid dienone is 1. The number of hydrogen-bond acceptors (Lipinski definition) is 1. The second-order valence-electron chi connectivity index (χ2n) is 1.88. The minimum Gasteiger partial charge on any atom is -0.390 e. The molecule has 0 aliphatic rings. The van der Waals surface area contributed by atoms with Gasteiger partial charge in [-0.25, -0.2) is 4.99 Å². The third-order valence-electron chi connectivity index (χ3n) is 0.643. The van der Waals surface area contributed by atoms with Gasteiger partial charge in [0.1, 0.15) is 0 Å².